The van der Waals surface area contributed by atoms with E-state index < -0.39 is 5.41 Å². The van der Waals surface area contributed by atoms with E-state index in [9.17, 15) is 10.1 Å². The fourth-order valence-corrected chi connectivity index (χ4v) is 4.71. The molecule has 0 radical (unpaired) electrons. The Morgan fingerprint density at radius 1 is 1.18 bits per heavy atom. The molecule has 2 atom stereocenters. The van der Waals surface area contributed by atoms with Crippen molar-refractivity contribution >= 4 is 21.8 Å². The van der Waals surface area contributed by atoms with Gasteiger partial charge < -0.3 is 4.90 Å². The lowest BCUT2D eigenvalue weighted by Crippen LogP contribution is -2.48. The number of carbonyl (C=O) groups excluding carboxylic acids is 1. The lowest BCUT2D eigenvalue weighted by Gasteiger charge is -2.46. The predicted molar refractivity (Wildman–Crippen MR) is 116 cm³/mol. The average Bonchev–Trinajstić information content (AvgIpc) is 2.68. The predicted octanol–water partition coefficient (Wildman–Crippen LogP) is 6.01. The molecule has 3 rings (SSSR count). The van der Waals surface area contributed by atoms with Gasteiger partial charge in [0.05, 0.1) is 17.5 Å². The Morgan fingerprint density at radius 3 is 2.39 bits per heavy atom. The van der Waals surface area contributed by atoms with Crippen LogP contribution in [0.5, 0.6) is 0 Å². The number of amides is 1. The van der Waals surface area contributed by atoms with Crippen LogP contribution in [0.2, 0.25) is 0 Å². The third-order valence-electron chi connectivity index (χ3n) is 5.93. The molecule has 0 bridgehead atoms. The highest BCUT2D eigenvalue weighted by molar-refractivity contribution is 9.10. The molecule has 2 aromatic rings. The SMILES string of the molecule is C[C@@H](c1ccc(Br)cc1)N1CCC(CC(C)(C)C#N)(c2ccccc2)CC1=O. The molecule has 0 aliphatic carbocycles. The fourth-order valence-electron chi connectivity index (χ4n) is 4.45. The minimum absolute atomic E-state index is 0.0401. The summed E-state index contributed by atoms with van der Waals surface area (Å²) in [7, 11) is 0. The first-order valence-electron chi connectivity index (χ1n) is 9.78. The zero-order valence-electron chi connectivity index (χ0n) is 16.8. The summed E-state index contributed by atoms with van der Waals surface area (Å²) in [5.41, 5.74) is 1.55. The zero-order valence-corrected chi connectivity index (χ0v) is 18.4. The summed E-state index contributed by atoms with van der Waals surface area (Å²) >= 11 is 3.47. The van der Waals surface area contributed by atoms with Gasteiger partial charge in [-0.3, -0.25) is 4.79 Å². The smallest absolute Gasteiger partial charge is 0.223 e. The van der Waals surface area contributed by atoms with Gasteiger partial charge in [-0.1, -0.05) is 58.4 Å². The Balaban J connectivity index is 1.88. The summed E-state index contributed by atoms with van der Waals surface area (Å²) in [6.45, 7) is 6.74. The number of halogens is 1. The van der Waals surface area contributed by atoms with Crippen LogP contribution in [0.15, 0.2) is 59.1 Å². The van der Waals surface area contributed by atoms with Gasteiger partial charge in [-0.2, -0.15) is 5.26 Å². The quantitative estimate of drug-likeness (QED) is 0.573. The third kappa shape index (κ3) is 4.31. The second-order valence-electron chi connectivity index (χ2n) is 8.56. The maximum absolute atomic E-state index is 13.3. The van der Waals surface area contributed by atoms with Crippen LogP contribution in [0.4, 0.5) is 0 Å². The van der Waals surface area contributed by atoms with Crippen LogP contribution in [0.3, 0.4) is 0 Å². The number of likely N-dealkylation sites (tertiary alicyclic amines) is 1. The highest BCUT2D eigenvalue weighted by Gasteiger charge is 2.44. The second-order valence-corrected chi connectivity index (χ2v) is 9.48. The Morgan fingerprint density at radius 2 is 1.82 bits per heavy atom. The van der Waals surface area contributed by atoms with E-state index in [2.05, 4.69) is 53.2 Å². The van der Waals surface area contributed by atoms with Crippen molar-refractivity contribution in [3.8, 4) is 6.07 Å². The average molecular weight is 439 g/mol. The minimum Gasteiger partial charge on any atom is -0.336 e. The van der Waals surface area contributed by atoms with Crippen LogP contribution >= 0.6 is 15.9 Å². The molecule has 4 heteroatoms. The van der Waals surface area contributed by atoms with E-state index in [0.29, 0.717) is 19.4 Å². The molecule has 146 valence electrons. The molecule has 1 heterocycles. The van der Waals surface area contributed by atoms with Gasteiger partial charge in [-0.05, 0) is 56.9 Å². The molecule has 0 aromatic heterocycles. The van der Waals surface area contributed by atoms with Gasteiger partial charge >= 0.3 is 0 Å². The Labute approximate surface area is 176 Å². The second kappa shape index (κ2) is 8.09. The first-order valence-corrected chi connectivity index (χ1v) is 10.6. The van der Waals surface area contributed by atoms with E-state index in [1.807, 2.05) is 49.1 Å². The van der Waals surface area contributed by atoms with Crippen LogP contribution in [0.25, 0.3) is 0 Å². The van der Waals surface area contributed by atoms with Crippen LogP contribution in [0, 0.1) is 16.7 Å². The van der Waals surface area contributed by atoms with E-state index in [4.69, 9.17) is 0 Å². The molecule has 3 nitrogen and oxygen atoms in total. The van der Waals surface area contributed by atoms with Crippen molar-refractivity contribution in [2.75, 3.05) is 6.54 Å². The van der Waals surface area contributed by atoms with Gasteiger partial charge in [-0.15, -0.1) is 0 Å². The zero-order chi connectivity index (χ0) is 20.4. The maximum Gasteiger partial charge on any atom is 0.223 e. The monoisotopic (exact) mass is 438 g/mol. The van der Waals surface area contributed by atoms with Gasteiger partial charge in [0.15, 0.2) is 0 Å². The van der Waals surface area contributed by atoms with E-state index in [1.165, 1.54) is 5.56 Å². The number of nitriles is 1. The van der Waals surface area contributed by atoms with Gasteiger partial charge in [-0.25, -0.2) is 0 Å². The molecule has 28 heavy (non-hydrogen) atoms. The number of rotatable bonds is 5. The Bertz CT molecular complexity index is 870. The number of piperidine rings is 1. The molecule has 2 aromatic carbocycles. The van der Waals surface area contributed by atoms with E-state index in [-0.39, 0.29) is 17.4 Å². The van der Waals surface area contributed by atoms with Crippen LogP contribution in [-0.4, -0.2) is 17.4 Å². The van der Waals surface area contributed by atoms with Gasteiger partial charge in [0.25, 0.3) is 0 Å². The number of nitrogens with zero attached hydrogens (tertiary/aromatic N) is 2. The molecular formula is C24H27BrN2O. The van der Waals surface area contributed by atoms with E-state index >= 15 is 0 Å². The summed E-state index contributed by atoms with van der Waals surface area (Å²) < 4.78 is 1.04. The third-order valence-corrected chi connectivity index (χ3v) is 6.46. The number of hydrogen-bond donors (Lipinski definition) is 0. The molecule has 1 unspecified atom stereocenters. The van der Waals surface area contributed by atoms with Gasteiger partial charge in [0, 0.05) is 22.9 Å². The fraction of sp³-hybridized carbons (Fsp3) is 0.417. The lowest BCUT2D eigenvalue weighted by atomic mass is 9.64. The number of hydrogen-bond acceptors (Lipinski definition) is 2. The van der Waals surface area contributed by atoms with Crippen molar-refractivity contribution in [3.05, 3.63) is 70.2 Å². The molecule has 1 amide bonds. The molecule has 1 saturated heterocycles. The number of benzene rings is 2. The van der Waals surface area contributed by atoms with Crippen molar-refractivity contribution in [2.24, 2.45) is 5.41 Å². The highest BCUT2D eigenvalue weighted by atomic mass is 79.9. The van der Waals surface area contributed by atoms with Crippen LogP contribution < -0.4 is 0 Å². The lowest BCUT2D eigenvalue weighted by molar-refractivity contribution is -0.138. The summed E-state index contributed by atoms with van der Waals surface area (Å²) in [6.07, 6.45) is 2.00. The van der Waals surface area contributed by atoms with Crippen molar-refractivity contribution in [1.82, 2.24) is 4.90 Å². The maximum atomic E-state index is 13.3. The Kier molecular flexibility index (Phi) is 5.95. The molecule has 1 fully saturated rings. The topological polar surface area (TPSA) is 44.1 Å². The number of carbonyl (C=O) groups is 1. The molecule has 1 aliphatic rings. The molecule has 0 saturated carbocycles. The summed E-state index contributed by atoms with van der Waals surface area (Å²) in [6, 6.07) is 20.9. The van der Waals surface area contributed by atoms with E-state index in [1.54, 1.807) is 0 Å². The van der Waals surface area contributed by atoms with Gasteiger partial charge in [0.1, 0.15) is 0 Å². The minimum atomic E-state index is -0.477. The van der Waals surface area contributed by atoms with Crippen molar-refractivity contribution in [3.63, 3.8) is 0 Å². The summed E-state index contributed by atoms with van der Waals surface area (Å²) in [5, 5.41) is 9.61. The Hall–Kier alpha value is -2.12. The molecule has 1 aliphatic heterocycles. The largest absolute Gasteiger partial charge is 0.336 e. The molecular weight excluding hydrogens is 412 g/mol. The van der Waals surface area contributed by atoms with Crippen molar-refractivity contribution in [1.29, 1.82) is 5.26 Å². The van der Waals surface area contributed by atoms with Crippen LogP contribution in [0.1, 0.15) is 57.2 Å². The van der Waals surface area contributed by atoms with E-state index in [0.717, 1.165) is 16.5 Å². The van der Waals surface area contributed by atoms with Crippen LogP contribution in [-0.2, 0) is 10.2 Å². The highest BCUT2D eigenvalue weighted by Crippen LogP contribution is 2.45. The first-order chi connectivity index (χ1) is 13.3. The first kappa shape index (κ1) is 20.6. The normalized spacial score (nSPS) is 21.2. The van der Waals surface area contributed by atoms with Crippen molar-refractivity contribution < 1.29 is 4.79 Å². The van der Waals surface area contributed by atoms with Gasteiger partial charge in [0.2, 0.25) is 5.91 Å². The summed E-state index contributed by atoms with van der Waals surface area (Å²) in [4.78, 5) is 15.3. The molecule has 0 N–H and O–H groups in total. The standard InChI is InChI=1S/C24H27BrN2O/c1-18(19-9-11-21(25)12-10-19)27-14-13-24(15-22(27)28,16-23(2,3)17-26)20-7-5-4-6-8-20/h4-12,18H,13-16H2,1-3H3/t18-,24?/m0/s1. The molecule has 0 spiro atoms. The summed E-state index contributed by atoms with van der Waals surface area (Å²) in [5.74, 6) is 0.166. The van der Waals surface area contributed by atoms with Crippen molar-refractivity contribution in [2.45, 2.75) is 51.5 Å².